The van der Waals surface area contributed by atoms with Gasteiger partial charge in [0.25, 0.3) is 0 Å². The van der Waals surface area contributed by atoms with E-state index in [2.05, 4.69) is 55.1 Å². The minimum atomic E-state index is 0.707. The molecule has 94 valence electrons. The van der Waals surface area contributed by atoms with E-state index >= 15 is 0 Å². The van der Waals surface area contributed by atoms with Gasteiger partial charge in [-0.25, -0.2) is 0 Å². The van der Waals surface area contributed by atoms with Crippen molar-refractivity contribution in [3.8, 4) is 0 Å². The molecule has 17 heavy (non-hydrogen) atoms. The molecule has 0 atom stereocenters. The third-order valence-corrected chi connectivity index (χ3v) is 3.96. The van der Waals surface area contributed by atoms with Crippen molar-refractivity contribution >= 4 is 5.69 Å². The highest BCUT2D eigenvalue weighted by atomic mass is 15.2. The third kappa shape index (κ3) is 3.01. The second kappa shape index (κ2) is 5.54. The van der Waals surface area contributed by atoms with Gasteiger partial charge in [-0.15, -0.1) is 0 Å². The molecule has 0 amide bonds. The topological polar surface area (TPSA) is 6.48 Å². The molecule has 2 nitrogen and oxygen atoms in total. The Morgan fingerprint density at radius 2 is 2.00 bits per heavy atom. The number of nitrogens with zero attached hydrogens (tertiary/aromatic N) is 2. The Morgan fingerprint density at radius 3 is 2.65 bits per heavy atom. The van der Waals surface area contributed by atoms with E-state index in [0.29, 0.717) is 6.04 Å². The van der Waals surface area contributed by atoms with Crippen molar-refractivity contribution in [1.82, 2.24) is 4.90 Å². The van der Waals surface area contributed by atoms with E-state index in [1.54, 1.807) is 0 Å². The van der Waals surface area contributed by atoms with Gasteiger partial charge in [-0.1, -0.05) is 19.1 Å². The fourth-order valence-electron chi connectivity index (χ4n) is 2.59. The second-order valence-corrected chi connectivity index (χ2v) is 5.17. The molecule has 1 aliphatic heterocycles. The third-order valence-electron chi connectivity index (χ3n) is 3.96. The first-order chi connectivity index (χ1) is 8.20. The van der Waals surface area contributed by atoms with Crippen molar-refractivity contribution in [2.75, 3.05) is 32.1 Å². The Labute approximate surface area is 105 Å². The summed E-state index contributed by atoms with van der Waals surface area (Å²) < 4.78 is 0. The highest BCUT2D eigenvalue weighted by Crippen LogP contribution is 2.22. The first-order valence-electron chi connectivity index (χ1n) is 6.71. The van der Waals surface area contributed by atoms with Crippen LogP contribution >= 0.6 is 0 Å². The lowest BCUT2D eigenvalue weighted by atomic mass is 10.0. The van der Waals surface area contributed by atoms with E-state index in [0.717, 1.165) is 6.42 Å². The summed E-state index contributed by atoms with van der Waals surface area (Å²) in [6.07, 6.45) is 3.68. The van der Waals surface area contributed by atoms with Crippen molar-refractivity contribution in [2.24, 2.45) is 0 Å². The quantitative estimate of drug-likeness (QED) is 0.790. The molecular weight excluding hydrogens is 208 g/mol. The normalized spacial score (nSPS) is 18.3. The highest BCUT2D eigenvalue weighted by Gasteiger charge is 2.20. The van der Waals surface area contributed by atoms with E-state index in [1.165, 1.54) is 37.2 Å². The van der Waals surface area contributed by atoms with Gasteiger partial charge < -0.3 is 9.80 Å². The SMILES string of the molecule is CCc1cccc(N(C)C2CCN(C)CC2)c1. The summed E-state index contributed by atoms with van der Waals surface area (Å²) in [5.41, 5.74) is 2.81. The second-order valence-electron chi connectivity index (χ2n) is 5.17. The van der Waals surface area contributed by atoms with Crippen LogP contribution < -0.4 is 4.90 Å². The molecule has 0 unspecified atom stereocenters. The van der Waals surface area contributed by atoms with Gasteiger partial charge in [0.1, 0.15) is 0 Å². The zero-order valence-corrected chi connectivity index (χ0v) is 11.3. The van der Waals surface area contributed by atoms with Crippen LogP contribution in [0.15, 0.2) is 24.3 Å². The van der Waals surface area contributed by atoms with E-state index in [4.69, 9.17) is 0 Å². The summed E-state index contributed by atoms with van der Waals surface area (Å²) in [6.45, 7) is 4.67. The molecule has 2 heteroatoms. The monoisotopic (exact) mass is 232 g/mol. The zero-order chi connectivity index (χ0) is 12.3. The number of likely N-dealkylation sites (tertiary alicyclic amines) is 1. The van der Waals surface area contributed by atoms with Crippen LogP contribution in [0.4, 0.5) is 5.69 Å². The minimum Gasteiger partial charge on any atom is -0.372 e. The average molecular weight is 232 g/mol. The molecule has 1 aromatic carbocycles. The number of anilines is 1. The predicted molar refractivity (Wildman–Crippen MR) is 74.7 cm³/mol. The van der Waals surface area contributed by atoms with Gasteiger partial charge >= 0.3 is 0 Å². The lowest BCUT2D eigenvalue weighted by Crippen LogP contribution is -2.42. The first kappa shape index (κ1) is 12.4. The average Bonchev–Trinajstić information content (AvgIpc) is 2.39. The van der Waals surface area contributed by atoms with Gasteiger partial charge in [0, 0.05) is 18.8 Å². The minimum absolute atomic E-state index is 0.707. The molecule has 1 fully saturated rings. The Bertz CT molecular complexity index is 354. The summed E-state index contributed by atoms with van der Waals surface area (Å²) >= 11 is 0. The maximum atomic E-state index is 2.46. The van der Waals surface area contributed by atoms with Crippen LogP contribution in [0.2, 0.25) is 0 Å². The Kier molecular flexibility index (Phi) is 4.06. The zero-order valence-electron chi connectivity index (χ0n) is 11.3. The fourth-order valence-corrected chi connectivity index (χ4v) is 2.59. The number of hydrogen-bond donors (Lipinski definition) is 0. The molecule has 0 radical (unpaired) electrons. The van der Waals surface area contributed by atoms with Crippen molar-refractivity contribution in [1.29, 1.82) is 0 Å². The molecule has 1 aliphatic rings. The lowest BCUT2D eigenvalue weighted by molar-refractivity contribution is 0.253. The van der Waals surface area contributed by atoms with Gasteiger partial charge in [-0.3, -0.25) is 0 Å². The molecule has 0 N–H and O–H groups in total. The van der Waals surface area contributed by atoms with Crippen LogP contribution in [-0.4, -0.2) is 38.1 Å². The maximum Gasteiger partial charge on any atom is 0.0368 e. The van der Waals surface area contributed by atoms with E-state index in [-0.39, 0.29) is 0 Å². The van der Waals surface area contributed by atoms with Crippen molar-refractivity contribution in [2.45, 2.75) is 32.2 Å². The molecule has 1 aromatic rings. The Hall–Kier alpha value is -1.02. The number of aryl methyl sites for hydroxylation is 1. The van der Waals surface area contributed by atoms with Crippen LogP contribution in [0.1, 0.15) is 25.3 Å². The highest BCUT2D eigenvalue weighted by molar-refractivity contribution is 5.49. The summed E-state index contributed by atoms with van der Waals surface area (Å²) in [6, 6.07) is 9.67. The molecule has 2 rings (SSSR count). The number of piperidine rings is 1. The largest absolute Gasteiger partial charge is 0.372 e. The summed E-state index contributed by atoms with van der Waals surface area (Å²) in [4.78, 5) is 4.89. The Morgan fingerprint density at radius 1 is 1.29 bits per heavy atom. The summed E-state index contributed by atoms with van der Waals surface area (Å²) in [5.74, 6) is 0. The molecule has 0 spiro atoms. The van der Waals surface area contributed by atoms with Crippen LogP contribution in [0, 0.1) is 0 Å². The van der Waals surface area contributed by atoms with Gasteiger partial charge in [-0.2, -0.15) is 0 Å². The molecule has 0 aliphatic carbocycles. The molecular formula is C15H24N2. The van der Waals surface area contributed by atoms with Crippen molar-refractivity contribution in [3.05, 3.63) is 29.8 Å². The van der Waals surface area contributed by atoms with Crippen LogP contribution in [0.25, 0.3) is 0 Å². The molecule has 0 aromatic heterocycles. The summed E-state index contributed by atoms with van der Waals surface area (Å²) in [5, 5.41) is 0. The number of benzene rings is 1. The van der Waals surface area contributed by atoms with Crippen molar-refractivity contribution < 1.29 is 0 Å². The number of rotatable bonds is 3. The lowest BCUT2D eigenvalue weighted by Gasteiger charge is -2.36. The maximum absolute atomic E-state index is 2.46. The molecule has 1 saturated heterocycles. The fraction of sp³-hybridized carbons (Fsp3) is 0.600. The molecule has 0 bridgehead atoms. The van der Waals surface area contributed by atoms with E-state index in [9.17, 15) is 0 Å². The van der Waals surface area contributed by atoms with Crippen LogP contribution in [0.5, 0.6) is 0 Å². The first-order valence-corrected chi connectivity index (χ1v) is 6.71. The number of hydrogen-bond acceptors (Lipinski definition) is 2. The van der Waals surface area contributed by atoms with Gasteiger partial charge in [0.05, 0.1) is 0 Å². The van der Waals surface area contributed by atoms with Crippen LogP contribution in [-0.2, 0) is 6.42 Å². The van der Waals surface area contributed by atoms with Gasteiger partial charge in [0.15, 0.2) is 0 Å². The molecule has 0 saturated carbocycles. The van der Waals surface area contributed by atoms with Crippen molar-refractivity contribution in [3.63, 3.8) is 0 Å². The standard InChI is InChI=1S/C15H24N2/c1-4-13-6-5-7-15(12-13)17(3)14-8-10-16(2)11-9-14/h5-7,12,14H,4,8-11H2,1-3H3. The van der Waals surface area contributed by atoms with Gasteiger partial charge in [0.2, 0.25) is 0 Å². The molecule has 1 heterocycles. The Balaban J connectivity index is 2.05. The summed E-state index contributed by atoms with van der Waals surface area (Å²) in [7, 11) is 4.46. The van der Waals surface area contributed by atoms with Crippen LogP contribution in [0.3, 0.4) is 0 Å². The van der Waals surface area contributed by atoms with Gasteiger partial charge in [-0.05, 0) is 57.1 Å². The van der Waals surface area contributed by atoms with E-state index in [1.807, 2.05) is 0 Å². The predicted octanol–water partition coefficient (Wildman–Crippen LogP) is 2.78. The van der Waals surface area contributed by atoms with E-state index < -0.39 is 0 Å². The smallest absolute Gasteiger partial charge is 0.0368 e.